The van der Waals surface area contributed by atoms with Crippen LogP contribution in [0.15, 0.2) is 30.3 Å². The molecular formula is C11H16N2O. The van der Waals surface area contributed by atoms with Crippen LogP contribution < -0.4 is 10.6 Å². The number of rotatable bonds is 5. The maximum atomic E-state index is 11.1. The maximum Gasteiger partial charge on any atom is 0.233 e. The second-order valence-electron chi connectivity index (χ2n) is 3.04. The summed E-state index contributed by atoms with van der Waals surface area (Å²) < 4.78 is 0. The fourth-order valence-electron chi connectivity index (χ4n) is 1.18. The van der Waals surface area contributed by atoms with E-state index in [1.54, 1.807) is 0 Å². The predicted octanol–water partition coefficient (Wildman–Crippen LogP) is 0.912. The highest BCUT2D eigenvalue weighted by Gasteiger charge is 1.97. The van der Waals surface area contributed by atoms with E-state index in [2.05, 4.69) is 10.6 Å². The number of benzene rings is 1. The molecule has 0 bridgehead atoms. The first-order valence-corrected chi connectivity index (χ1v) is 4.84. The molecule has 0 saturated carbocycles. The van der Waals surface area contributed by atoms with Crippen LogP contribution in [-0.2, 0) is 11.3 Å². The summed E-state index contributed by atoms with van der Waals surface area (Å²) in [6.45, 7) is 3.71. The van der Waals surface area contributed by atoms with E-state index in [-0.39, 0.29) is 5.91 Å². The van der Waals surface area contributed by atoms with Gasteiger partial charge in [0.2, 0.25) is 5.91 Å². The van der Waals surface area contributed by atoms with Crippen molar-refractivity contribution in [1.29, 1.82) is 0 Å². The quantitative estimate of drug-likeness (QED) is 0.728. The van der Waals surface area contributed by atoms with Crippen molar-refractivity contribution in [1.82, 2.24) is 10.6 Å². The lowest BCUT2D eigenvalue weighted by atomic mass is 10.2. The van der Waals surface area contributed by atoms with Crippen LogP contribution in [0.1, 0.15) is 12.5 Å². The minimum Gasteiger partial charge on any atom is -0.355 e. The molecule has 0 fully saturated rings. The van der Waals surface area contributed by atoms with Crippen molar-refractivity contribution in [3.8, 4) is 0 Å². The molecule has 0 aliphatic rings. The molecule has 3 heteroatoms. The van der Waals surface area contributed by atoms with Crippen molar-refractivity contribution in [2.45, 2.75) is 13.5 Å². The van der Waals surface area contributed by atoms with Gasteiger partial charge in [0.25, 0.3) is 0 Å². The van der Waals surface area contributed by atoms with Gasteiger partial charge < -0.3 is 10.6 Å². The zero-order chi connectivity index (χ0) is 10.2. The first-order chi connectivity index (χ1) is 6.83. The highest BCUT2D eigenvalue weighted by molar-refractivity contribution is 5.77. The molecule has 0 atom stereocenters. The van der Waals surface area contributed by atoms with Gasteiger partial charge >= 0.3 is 0 Å². The molecule has 1 aromatic rings. The largest absolute Gasteiger partial charge is 0.355 e. The smallest absolute Gasteiger partial charge is 0.233 e. The standard InChI is InChI=1S/C11H16N2O/c1-2-13-11(14)9-12-8-10-6-4-3-5-7-10/h3-7,12H,2,8-9H2,1H3,(H,13,14). The molecule has 0 heterocycles. The molecule has 0 aliphatic heterocycles. The van der Waals surface area contributed by atoms with Crippen LogP contribution in [0.4, 0.5) is 0 Å². The van der Waals surface area contributed by atoms with E-state index >= 15 is 0 Å². The van der Waals surface area contributed by atoms with Gasteiger partial charge in [-0.25, -0.2) is 0 Å². The van der Waals surface area contributed by atoms with Gasteiger partial charge in [-0.2, -0.15) is 0 Å². The Labute approximate surface area is 84.5 Å². The van der Waals surface area contributed by atoms with Crippen molar-refractivity contribution in [2.24, 2.45) is 0 Å². The Morgan fingerprint density at radius 1 is 1.29 bits per heavy atom. The summed E-state index contributed by atoms with van der Waals surface area (Å²) in [5, 5.41) is 5.80. The number of amides is 1. The number of carbonyl (C=O) groups is 1. The molecule has 14 heavy (non-hydrogen) atoms. The summed E-state index contributed by atoms with van der Waals surface area (Å²) in [6.07, 6.45) is 0. The van der Waals surface area contributed by atoms with Gasteiger partial charge in [-0.3, -0.25) is 4.79 Å². The van der Waals surface area contributed by atoms with Crippen molar-refractivity contribution in [2.75, 3.05) is 13.1 Å². The Hall–Kier alpha value is -1.35. The van der Waals surface area contributed by atoms with Crippen LogP contribution in [0.5, 0.6) is 0 Å². The number of hydrogen-bond acceptors (Lipinski definition) is 2. The third-order valence-electron chi connectivity index (χ3n) is 1.83. The average molecular weight is 192 g/mol. The van der Waals surface area contributed by atoms with Crippen LogP contribution in [0.3, 0.4) is 0 Å². The lowest BCUT2D eigenvalue weighted by molar-refractivity contribution is -0.120. The monoisotopic (exact) mass is 192 g/mol. The second kappa shape index (κ2) is 6.16. The van der Waals surface area contributed by atoms with Crippen LogP contribution >= 0.6 is 0 Å². The Balaban J connectivity index is 2.19. The third kappa shape index (κ3) is 4.05. The SMILES string of the molecule is CCNC(=O)CNCc1ccccc1. The van der Waals surface area contributed by atoms with E-state index in [1.807, 2.05) is 37.3 Å². The zero-order valence-electron chi connectivity index (χ0n) is 8.42. The first kappa shape index (κ1) is 10.7. The molecule has 0 unspecified atom stereocenters. The minimum absolute atomic E-state index is 0.0448. The molecule has 1 aromatic carbocycles. The summed E-state index contributed by atoms with van der Waals surface area (Å²) in [6, 6.07) is 10.0. The zero-order valence-corrected chi connectivity index (χ0v) is 8.42. The van der Waals surface area contributed by atoms with E-state index in [9.17, 15) is 4.79 Å². The molecule has 0 saturated heterocycles. The van der Waals surface area contributed by atoms with Crippen LogP contribution in [0.25, 0.3) is 0 Å². The van der Waals surface area contributed by atoms with E-state index in [0.717, 1.165) is 6.54 Å². The topological polar surface area (TPSA) is 41.1 Å². The number of likely N-dealkylation sites (N-methyl/N-ethyl adjacent to an activating group) is 1. The second-order valence-corrected chi connectivity index (χ2v) is 3.04. The minimum atomic E-state index is 0.0448. The fourth-order valence-corrected chi connectivity index (χ4v) is 1.18. The molecule has 1 amide bonds. The molecule has 3 nitrogen and oxygen atoms in total. The van der Waals surface area contributed by atoms with Gasteiger partial charge in [0.05, 0.1) is 6.54 Å². The van der Waals surface area contributed by atoms with Crippen molar-refractivity contribution in [3.05, 3.63) is 35.9 Å². The fraction of sp³-hybridized carbons (Fsp3) is 0.364. The maximum absolute atomic E-state index is 11.1. The Morgan fingerprint density at radius 2 is 2.00 bits per heavy atom. The Kier molecular flexibility index (Phi) is 4.72. The molecule has 0 aromatic heterocycles. The van der Waals surface area contributed by atoms with Gasteiger partial charge in [-0.15, -0.1) is 0 Å². The van der Waals surface area contributed by atoms with Crippen molar-refractivity contribution < 1.29 is 4.79 Å². The van der Waals surface area contributed by atoms with E-state index in [0.29, 0.717) is 13.1 Å². The van der Waals surface area contributed by atoms with Gasteiger partial charge in [0.1, 0.15) is 0 Å². The molecule has 76 valence electrons. The van der Waals surface area contributed by atoms with Gasteiger partial charge in [0.15, 0.2) is 0 Å². The number of nitrogens with one attached hydrogen (secondary N) is 2. The molecule has 0 spiro atoms. The van der Waals surface area contributed by atoms with Crippen LogP contribution in [-0.4, -0.2) is 19.0 Å². The van der Waals surface area contributed by atoms with Gasteiger partial charge in [0, 0.05) is 13.1 Å². The Morgan fingerprint density at radius 3 is 2.64 bits per heavy atom. The lowest BCUT2D eigenvalue weighted by Crippen LogP contribution is -2.33. The lowest BCUT2D eigenvalue weighted by Gasteiger charge is -2.04. The summed E-state index contributed by atoms with van der Waals surface area (Å²) in [4.78, 5) is 11.1. The third-order valence-corrected chi connectivity index (χ3v) is 1.83. The summed E-state index contributed by atoms with van der Waals surface area (Å²) in [5.74, 6) is 0.0448. The first-order valence-electron chi connectivity index (χ1n) is 4.84. The summed E-state index contributed by atoms with van der Waals surface area (Å²) >= 11 is 0. The van der Waals surface area contributed by atoms with Crippen LogP contribution in [0.2, 0.25) is 0 Å². The van der Waals surface area contributed by atoms with Crippen molar-refractivity contribution in [3.63, 3.8) is 0 Å². The summed E-state index contributed by atoms with van der Waals surface area (Å²) in [7, 11) is 0. The average Bonchev–Trinajstić information content (AvgIpc) is 2.20. The van der Waals surface area contributed by atoms with Gasteiger partial charge in [-0.05, 0) is 12.5 Å². The predicted molar refractivity (Wildman–Crippen MR) is 56.8 cm³/mol. The van der Waals surface area contributed by atoms with Crippen molar-refractivity contribution >= 4 is 5.91 Å². The number of hydrogen-bond donors (Lipinski definition) is 2. The molecule has 1 rings (SSSR count). The molecular weight excluding hydrogens is 176 g/mol. The van der Waals surface area contributed by atoms with Crippen LogP contribution in [0, 0.1) is 0 Å². The normalized spacial score (nSPS) is 9.79. The Bertz CT molecular complexity index is 272. The van der Waals surface area contributed by atoms with E-state index < -0.39 is 0 Å². The summed E-state index contributed by atoms with van der Waals surface area (Å²) in [5.41, 5.74) is 1.19. The molecule has 0 aliphatic carbocycles. The highest BCUT2D eigenvalue weighted by atomic mass is 16.1. The van der Waals surface area contributed by atoms with Gasteiger partial charge in [-0.1, -0.05) is 30.3 Å². The molecule has 2 N–H and O–H groups in total. The highest BCUT2D eigenvalue weighted by Crippen LogP contribution is 1.96. The van der Waals surface area contributed by atoms with E-state index in [1.165, 1.54) is 5.56 Å². The van der Waals surface area contributed by atoms with E-state index in [4.69, 9.17) is 0 Å². The number of carbonyl (C=O) groups excluding carboxylic acids is 1. The molecule has 0 radical (unpaired) electrons.